The summed E-state index contributed by atoms with van der Waals surface area (Å²) in [6.07, 6.45) is 1.23. The van der Waals surface area contributed by atoms with Crippen molar-refractivity contribution in [2.24, 2.45) is 11.3 Å². The number of nitrogens with one attached hydrogen (secondary N) is 2. The summed E-state index contributed by atoms with van der Waals surface area (Å²) in [5.41, 5.74) is -0.00372. The van der Waals surface area contributed by atoms with Crippen molar-refractivity contribution >= 4 is 5.91 Å². The molecule has 1 atom stereocenters. The van der Waals surface area contributed by atoms with Gasteiger partial charge in [0.1, 0.15) is 0 Å². The summed E-state index contributed by atoms with van der Waals surface area (Å²) in [5, 5.41) is 15.2. The third-order valence-electron chi connectivity index (χ3n) is 3.14. The van der Waals surface area contributed by atoms with Gasteiger partial charge >= 0.3 is 0 Å². The second-order valence-electron chi connectivity index (χ2n) is 5.73. The monoisotopic (exact) mass is 228 g/mol. The minimum Gasteiger partial charge on any atom is -0.396 e. The topological polar surface area (TPSA) is 61.4 Å². The first kappa shape index (κ1) is 13.5. The van der Waals surface area contributed by atoms with Gasteiger partial charge in [-0.25, -0.2) is 0 Å². The van der Waals surface area contributed by atoms with Crippen LogP contribution in [0.15, 0.2) is 0 Å². The molecule has 4 heteroatoms. The molecule has 1 rings (SSSR count). The van der Waals surface area contributed by atoms with Crippen LogP contribution in [0.2, 0.25) is 0 Å². The predicted octanol–water partition coefficient (Wildman–Crippen LogP) is 0.509. The van der Waals surface area contributed by atoms with Gasteiger partial charge in [-0.05, 0) is 30.8 Å². The van der Waals surface area contributed by atoms with Crippen molar-refractivity contribution in [1.82, 2.24) is 10.6 Å². The van der Waals surface area contributed by atoms with Crippen molar-refractivity contribution in [3.63, 3.8) is 0 Å². The lowest BCUT2D eigenvalue weighted by Crippen LogP contribution is -2.48. The van der Waals surface area contributed by atoms with E-state index in [0.29, 0.717) is 18.8 Å². The number of aliphatic hydroxyl groups is 1. The third kappa shape index (κ3) is 4.10. The molecule has 94 valence electrons. The van der Waals surface area contributed by atoms with Gasteiger partial charge in [0.25, 0.3) is 0 Å². The van der Waals surface area contributed by atoms with Crippen LogP contribution in [0.1, 0.15) is 33.6 Å². The van der Waals surface area contributed by atoms with Gasteiger partial charge in [0.2, 0.25) is 5.91 Å². The van der Waals surface area contributed by atoms with E-state index in [1.54, 1.807) is 0 Å². The third-order valence-corrected chi connectivity index (χ3v) is 3.14. The fourth-order valence-corrected chi connectivity index (χ4v) is 1.86. The van der Waals surface area contributed by atoms with E-state index in [1.165, 1.54) is 0 Å². The molecular formula is C12H24N2O2. The van der Waals surface area contributed by atoms with Crippen molar-refractivity contribution in [3.8, 4) is 0 Å². The second-order valence-corrected chi connectivity index (χ2v) is 5.73. The second kappa shape index (κ2) is 5.64. The van der Waals surface area contributed by atoms with E-state index in [0.717, 1.165) is 13.1 Å². The van der Waals surface area contributed by atoms with Crippen molar-refractivity contribution in [1.29, 1.82) is 0 Å². The molecule has 0 aromatic rings. The van der Waals surface area contributed by atoms with Crippen molar-refractivity contribution in [2.45, 2.75) is 39.7 Å². The fourth-order valence-electron chi connectivity index (χ4n) is 1.86. The van der Waals surface area contributed by atoms with E-state index in [2.05, 4.69) is 31.4 Å². The van der Waals surface area contributed by atoms with Gasteiger partial charge in [-0.1, -0.05) is 20.8 Å². The summed E-state index contributed by atoms with van der Waals surface area (Å²) in [6.45, 7) is 8.27. The summed E-state index contributed by atoms with van der Waals surface area (Å²) in [5.74, 6) is 0.606. The zero-order valence-corrected chi connectivity index (χ0v) is 10.5. The fraction of sp³-hybridized carbons (Fsp3) is 0.917. The molecule has 0 aliphatic carbocycles. The molecule has 1 aliphatic heterocycles. The molecule has 0 aromatic carbocycles. The van der Waals surface area contributed by atoms with Crippen LogP contribution in [0, 0.1) is 11.3 Å². The summed E-state index contributed by atoms with van der Waals surface area (Å²) < 4.78 is 0. The minimum absolute atomic E-state index is 0.00372. The average molecular weight is 228 g/mol. The minimum atomic E-state index is -0.00372. The highest BCUT2D eigenvalue weighted by atomic mass is 16.3. The van der Waals surface area contributed by atoms with E-state index in [1.807, 2.05) is 0 Å². The number of carbonyl (C=O) groups excluding carboxylic acids is 1. The Morgan fingerprint density at radius 3 is 2.50 bits per heavy atom. The molecule has 1 aliphatic rings. The largest absolute Gasteiger partial charge is 0.396 e. The lowest BCUT2D eigenvalue weighted by Gasteiger charge is -2.33. The van der Waals surface area contributed by atoms with Crippen LogP contribution in [0.25, 0.3) is 0 Å². The molecule has 4 nitrogen and oxygen atoms in total. The van der Waals surface area contributed by atoms with Crippen LogP contribution in [0.4, 0.5) is 0 Å². The van der Waals surface area contributed by atoms with E-state index in [9.17, 15) is 4.79 Å². The van der Waals surface area contributed by atoms with E-state index in [4.69, 9.17) is 5.11 Å². The standard InChI is InChI=1S/C12H24N2O2/c1-12(2,3)10(4-5-15)14-11(16)6-9-7-13-8-9/h9-10,13,15H,4-8H2,1-3H3,(H,14,16). The molecule has 1 heterocycles. The molecule has 3 N–H and O–H groups in total. The van der Waals surface area contributed by atoms with Gasteiger partial charge in [0, 0.05) is 19.1 Å². The highest BCUT2D eigenvalue weighted by molar-refractivity contribution is 5.76. The Bertz CT molecular complexity index is 232. The number of carbonyl (C=O) groups is 1. The summed E-state index contributed by atoms with van der Waals surface area (Å²) in [7, 11) is 0. The van der Waals surface area contributed by atoms with Crippen LogP contribution in [-0.2, 0) is 4.79 Å². The smallest absolute Gasteiger partial charge is 0.220 e. The van der Waals surface area contributed by atoms with Gasteiger partial charge in [-0.3, -0.25) is 4.79 Å². The number of amides is 1. The van der Waals surface area contributed by atoms with Gasteiger partial charge in [-0.15, -0.1) is 0 Å². The lowest BCUT2D eigenvalue weighted by atomic mass is 9.84. The molecule has 1 fully saturated rings. The van der Waals surface area contributed by atoms with Crippen molar-refractivity contribution in [2.75, 3.05) is 19.7 Å². The van der Waals surface area contributed by atoms with Crippen LogP contribution in [0.5, 0.6) is 0 Å². The zero-order chi connectivity index (χ0) is 12.2. The molecule has 0 bridgehead atoms. The molecule has 1 amide bonds. The lowest BCUT2D eigenvalue weighted by molar-refractivity contribution is -0.124. The molecule has 0 spiro atoms. The Hall–Kier alpha value is -0.610. The van der Waals surface area contributed by atoms with Crippen LogP contribution in [-0.4, -0.2) is 36.8 Å². The summed E-state index contributed by atoms with van der Waals surface area (Å²) in [4.78, 5) is 11.8. The van der Waals surface area contributed by atoms with Gasteiger partial charge in [0.15, 0.2) is 0 Å². The number of hydrogen-bond donors (Lipinski definition) is 3. The molecule has 0 aromatic heterocycles. The first-order valence-corrected chi connectivity index (χ1v) is 6.04. The quantitative estimate of drug-likeness (QED) is 0.642. The number of aliphatic hydroxyl groups excluding tert-OH is 1. The maximum Gasteiger partial charge on any atom is 0.220 e. The summed E-state index contributed by atoms with van der Waals surface area (Å²) >= 11 is 0. The van der Waals surface area contributed by atoms with Crippen molar-refractivity contribution < 1.29 is 9.90 Å². The first-order valence-electron chi connectivity index (χ1n) is 6.04. The molecule has 0 radical (unpaired) electrons. The normalized spacial score (nSPS) is 19.0. The van der Waals surface area contributed by atoms with Crippen LogP contribution >= 0.6 is 0 Å². The zero-order valence-electron chi connectivity index (χ0n) is 10.5. The maximum atomic E-state index is 11.8. The Morgan fingerprint density at radius 2 is 2.12 bits per heavy atom. The van der Waals surface area contributed by atoms with Gasteiger partial charge < -0.3 is 15.7 Å². The molecule has 1 unspecified atom stereocenters. The molecular weight excluding hydrogens is 204 g/mol. The van der Waals surface area contributed by atoms with E-state index in [-0.39, 0.29) is 24.0 Å². The number of hydrogen-bond acceptors (Lipinski definition) is 3. The highest BCUT2D eigenvalue weighted by Gasteiger charge is 2.27. The maximum absolute atomic E-state index is 11.8. The first-order chi connectivity index (χ1) is 7.43. The van der Waals surface area contributed by atoms with Crippen molar-refractivity contribution in [3.05, 3.63) is 0 Å². The van der Waals surface area contributed by atoms with Gasteiger partial charge in [-0.2, -0.15) is 0 Å². The Labute approximate surface area is 97.8 Å². The van der Waals surface area contributed by atoms with Crippen LogP contribution in [0.3, 0.4) is 0 Å². The Kier molecular flexibility index (Phi) is 4.74. The molecule has 1 saturated heterocycles. The Morgan fingerprint density at radius 1 is 1.50 bits per heavy atom. The van der Waals surface area contributed by atoms with E-state index >= 15 is 0 Å². The Balaban J connectivity index is 2.37. The van der Waals surface area contributed by atoms with E-state index < -0.39 is 0 Å². The summed E-state index contributed by atoms with van der Waals surface area (Å²) in [6, 6.07) is 0.0537. The van der Waals surface area contributed by atoms with Crippen LogP contribution < -0.4 is 10.6 Å². The number of rotatable bonds is 5. The van der Waals surface area contributed by atoms with Gasteiger partial charge in [0.05, 0.1) is 0 Å². The highest BCUT2D eigenvalue weighted by Crippen LogP contribution is 2.22. The predicted molar refractivity (Wildman–Crippen MR) is 64.1 cm³/mol. The average Bonchev–Trinajstić information content (AvgIpc) is 2.09. The molecule has 16 heavy (non-hydrogen) atoms. The molecule has 0 saturated carbocycles. The SMILES string of the molecule is CC(C)(C)C(CCO)NC(=O)CC1CNC1.